The van der Waals surface area contributed by atoms with Crippen molar-refractivity contribution < 1.29 is 4.92 Å². The highest BCUT2D eigenvalue weighted by molar-refractivity contribution is 9.11. The molecule has 0 aliphatic rings. The lowest BCUT2D eigenvalue weighted by Gasteiger charge is -2.01. The summed E-state index contributed by atoms with van der Waals surface area (Å²) in [5.41, 5.74) is 1.32. The molecule has 26 heavy (non-hydrogen) atoms. The molecule has 0 fully saturated rings. The van der Waals surface area contributed by atoms with E-state index in [0.29, 0.717) is 16.9 Å². The number of hydrogen-bond donors (Lipinski definition) is 0. The summed E-state index contributed by atoms with van der Waals surface area (Å²) in [4.78, 5) is 16.9. The van der Waals surface area contributed by atoms with E-state index in [4.69, 9.17) is 0 Å². The van der Waals surface area contributed by atoms with Gasteiger partial charge in [0.05, 0.1) is 37.6 Å². The molecular formula is C17H13BrN4O2S2. The van der Waals surface area contributed by atoms with Crippen LogP contribution in [0.4, 0.5) is 5.69 Å². The lowest BCUT2D eigenvalue weighted by Crippen LogP contribution is -2.12. The Labute approximate surface area is 165 Å². The van der Waals surface area contributed by atoms with Gasteiger partial charge in [0, 0.05) is 11.4 Å². The van der Waals surface area contributed by atoms with Gasteiger partial charge in [-0.3, -0.25) is 15.1 Å². The second-order valence-corrected chi connectivity index (χ2v) is 8.31. The van der Waals surface area contributed by atoms with Crippen LogP contribution in [0.1, 0.15) is 5.56 Å². The molecule has 0 saturated heterocycles. The van der Waals surface area contributed by atoms with E-state index >= 15 is 0 Å². The SMILES string of the molecule is C=CCN=c1scc(-c2ccc(Br)s2)n1N=Cc1ccccc1[N+](=O)[O-]. The molecule has 132 valence electrons. The Morgan fingerprint density at radius 1 is 1.31 bits per heavy atom. The van der Waals surface area contributed by atoms with Gasteiger partial charge in [-0.2, -0.15) is 5.10 Å². The minimum Gasteiger partial charge on any atom is -0.258 e. The Morgan fingerprint density at radius 3 is 2.81 bits per heavy atom. The van der Waals surface area contributed by atoms with E-state index in [0.717, 1.165) is 14.4 Å². The number of para-hydroxylation sites is 1. The maximum atomic E-state index is 11.2. The van der Waals surface area contributed by atoms with Crippen molar-refractivity contribution in [1.29, 1.82) is 0 Å². The third-order valence-corrected chi connectivity index (χ3v) is 5.81. The normalized spacial score (nSPS) is 12.0. The zero-order valence-corrected chi connectivity index (χ0v) is 16.6. The molecule has 9 heteroatoms. The van der Waals surface area contributed by atoms with Crippen molar-refractivity contribution >= 4 is 50.5 Å². The number of halogens is 1. The Bertz CT molecular complexity index is 1050. The molecule has 0 amide bonds. The smallest absolute Gasteiger partial charge is 0.258 e. The fourth-order valence-electron chi connectivity index (χ4n) is 2.17. The lowest BCUT2D eigenvalue weighted by molar-refractivity contribution is -0.385. The van der Waals surface area contributed by atoms with Crippen molar-refractivity contribution in [3.63, 3.8) is 0 Å². The first-order chi connectivity index (χ1) is 12.6. The van der Waals surface area contributed by atoms with Crippen LogP contribution in [0.15, 0.2) is 68.3 Å². The van der Waals surface area contributed by atoms with Crippen molar-refractivity contribution in [1.82, 2.24) is 4.68 Å². The van der Waals surface area contributed by atoms with Crippen molar-refractivity contribution in [2.75, 3.05) is 6.54 Å². The maximum Gasteiger partial charge on any atom is 0.278 e. The van der Waals surface area contributed by atoms with Crippen LogP contribution in [0.3, 0.4) is 0 Å². The van der Waals surface area contributed by atoms with E-state index in [-0.39, 0.29) is 5.69 Å². The van der Waals surface area contributed by atoms with Gasteiger partial charge < -0.3 is 0 Å². The standard InChI is InChI=1S/C17H13BrN4O2S2/c1-2-9-19-17-21(14(11-25-17)15-7-8-16(18)26-15)20-10-12-5-3-4-6-13(12)22(23)24/h2-8,10-11H,1,9H2. The van der Waals surface area contributed by atoms with Gasteiger partial charge in [0.15, 0.2) is 0 Å². The second kappa shape index (κ2) is 8.35. The molecule has 0 N–H and O–H groups in total. The van der Waals surface area contributed by atoms with Crippen molar-refractivity contribution in [3.05, 3.63) is 78.7 Å². The van der Waals surface area contributed by atoms with Crippen LogP contribution in [0.2, 0.25) is 0 Å². The van der Waals surface area contributed by atoms with E-state index in [1.54, 1.807) is 40.3 Å². The van der Waals surface area contributed by atoms with E-state index in [1.807, 2.05) is 17.5 Å². The minimum atomic E-state index is -0.417. The molecule has 2 heterocycles. The van der Waals surface area contributed by atoms with Crippen LogP contribution in [-0.4, -0.2) is 22.4 Å². The summed E-state index contributed by atoms with van der Waals surface area (Å²) < 4.78 is 2.71. The molecule has 2 aromatic heterocycles. The molecule has 3 aromatic rings. The van der Waals surface area contributed by atoms with Gasteiger partial charge in [0.1, 0.15) is 0 Å². The van der Waals surface area contributed by atoms with Crippen LogP contribution in [0.25, 0.3) is 10.6 Å². The number of aromatic nitrogens is 1. The van der Waals surface area contributed by atoms with Crippen molar-refractivity contribution in [3.8, 4) is 10.6 Å². The molecule has 0 saturated carbocycles. The van der Waals surface area contributed by atoms with Crippen LogP contribution >= 0.6 is 38.6 Å². The molecule has 0 radical (unpaired) electrons. The lowest BCUT2D eigenvalue weighted by atomic mass is 10.2. The zero-order valence-electron chi connectivity index (χ0n) is 13.4. The van der Waals surface area contributed by atoms with Gasteiger partial charge in [0.2, 0.25) is 4.80 Å². The number of nitro groups is 1. The summed E-state index contributed by atoms with van der Waals surface area (Å²) in [7, 11) is 0. The molecule has 0 spiro atoms. The summed E-state index contributed by atoms with van der Waals surface area (Å²) in [5, 5.41) is 17.6. The summed E-state index contributed by atoms with van der Waals surface area (Å²) in [6.07, 6.45) is 3.20. The number of thiazole rings is 1. The number of benzene rings is 1. The van der Waals surface area contributed by atoms with Crippen LogP contribution < -0.4 is 4.80 Å². The first-order valence-corrected chi connectivity index (χ1v) is 9.94. The van der Waals surface area contributed by atoms with Crippen LogP contribution in [0, 0.1) is 10.1 Å². The van der Waals surface area contributed by atoms with Gasteiger partial charge in [0.25, 0.3) is 5.69 Å². The third kappa shape index (κ3) is 4.06. The largest absolute Gasteiger partial charge is 0.278 e. The molecule has 0 aliphatic carbocycles. The number of nitro benzene ring substituents is 1. The fourth-order valence-corrected chi connectivity index (χ4v) is 4.47. The average molecular weight is 449 g/mol. The first kappa shape index (κ1) is 18.4. The summed E-state index contributed by atoms with van der Waals surface area (Å²) in [5.74, 6) is 0. The minimum absolute atomic E-state index is 0.0112. The van der Waals surface area contributed by atoms with E-state index in [2.05, 4.69) is 32.6 Å². The number of thiophene rings is 1. The van der Waals surface area contributed by atoms with Gasteiger partial charge in [-0.15, -0.1) is 29.3 Å². The molecule has 0 aliphatic heterocycles. The predicted molar refractivity (Wildman–Crippen MR) is 110 cm³/mol. The monoisotopic (exact) mass is 448 g/mol. The Morgan fingerprint density at radius 2 is 2.12 bits per heavy atom. The summed E-state index contributed by atoms with van der Waals surface area (Å²) in [6.45, 7) is 4.15. The van der Waals surface area contributed by atoms with Crippen LogP contribution in [-0.2, 0) is 0 Å². The summed E-state index contributed by atoms with van der Waals surface area (Å²) >= 11 is 6.51. The van der Waals surface area contributed by atoms with Crippen molar-refractivity contribution in [2.24, 2.45) is 10.1 Å². The van der Waals surface area contributed by atoms with E-state index < -0.39 is 4.92 Å². The molecule has 1 aromatic carbocycles. The molecule has 3 rings (SSSR count). The topological polar surface area (TPSA) is 72.8 Å². The zero-order chi connectivity index (χ0) is 18.5. The Hall–Kier alpha value is -2.36. The summed E-state index contributed by atoms with van der Waals surface area (Å²) in [6, 6.07) is 10.5. The van der Waals surface area contributed by atoms with Crippen molar-refractivity contribution in [2.45, 2.75) is 0 Å². The molecule has 0 unspecified atom stereocenters. The predicted octanol–water partition coefficient (Wildman–Crippen LogP) is 4.92. The number of hydrogen-bond acceptors (Lipinski definition) is 6. The third-order valence-electron chi connectivity index (χ3n) is 3.31. The molecular weight excluding hydrogens is 436 g/mol. The highest BCUT2D eigenvalue weighted by Gasteiger charge is 2.12. The van der Waals surface area contributed by atoms with Gasteiger partial charge in [-0.05, 0) is 34.1 Å². The van der Waals surface area contributed by atoms with E-state index in [1.165, 1.54) is 23.6 Å². The van der Waals surface area contributed by atoms with Gasteiger partial charge in [-0.25, -0.2) is 4.68 Å². The number of rotatable bonds is 6. The molecule has 0 bridgehead atoms. The Balaban J connectivity index is 2.10. The second-order valence-electron chi connectivity index (χ2n) is 5.01. The van der Waals surface area contributed by atoms with Gasteiger partial charge >= 0.3 is 0 Å². The van der Waals surface area contributed by atoms with Gasteiger partial charge in [-0.1, -0.05) is 18.2 Å². The average Bonchev–Trinajstić information content (AvgIpc) is 3.24. The highest BCUT2D eigenvalue weighted by atomic mass is 79.9. The maximum absolute atomic E-state index is 11.2. The first-order valence-electron chi connectivity index (χ1n) is 7.45. The fraction of sp³-hybridized carbons (Fsp3) is 0.0588. The highest BCUT2D eigenvalue weighted by Crippen LogP contribution is 2.31. The van der Waals surface area contributed by atoms with E-state index in [9.17, 15) is 10.1 Å². The van der Waals surface area contributed by atoms with Crippen LogP contribution in [0.5, 0.6) is 0 Å². The Kier molecular flexibility index (Phi) is 5.92. The number of nitrogens with zero attached hydrogens (tertiary/aromatic N) is 4. The molecule has 6 nitrogen and oxygen atoms in total. The molecule has 0 atom stereocenters. The quantitative estimate of drug-likeness (QED) is 0.232.